The molecule has 0 fully saturated rings. The van der Waals surface area contributed by atoms with Crippen LogP contribution in [0.15, 0.2) is 21.8 Å². The first-order chi connectivity index (χ1) is 7.95. The van der Waals surface area contributed by atoms with Crippen molar-refractivity contribution in [3.63, 3.8) is 0 Å². The van der Waals surface area contributed by atoms with Crippen molar-refractivity contribution in [3.05, 3.63) is 27.7 Å². The van der Waals surface area contributed by atoms with Crippen LogP contribution in [-0.2, 0) is 0 Å². The number of benzene rings is 1. The summed E-state index contributed by atoms with van der Waals surface area (Å²) >= 11 is 3.53. The van der Waals surface area contributed by atoms with Crippen LogP contribution in [0.25, 0.3) is 0 Å². The maximum absolute atomic E-state index is 8.56. The lowest BCUT2D eigenvalue weighted by Gasteiger charge is -2.14. The molecule has 1 aromatic carbocycles. The molecule has 0 spiro atoms. The van der Waals surface area contributed by atoms with E-state index in [2.05, 4.69) is 52.4 Å². The normalized spacial score (nSPS) is 13.5. The maximum Gasteiger partial charge on any atom is 0.143 e. The predicted molar refractivity (Wildman–Crippen MR) is 74.7 cm³/mol. The zero-order valence-electron chi connectivity index (χ0n) is 10.3. The van der Waals surface area contributed by atoms with Gasteiger partial charge in [0.25, 0.3) is 0 Å². The third-order valence-corrected chi connectivity index (χ3v) is 3.92. The number of nitrogens with one attached hydrogen (secondary N) is 1. The van der Waals surface area contributed by atoms with Crippen molar-refractivity contribution in [2.24, 2.45) is 16.8 Å². The molecular formula is C12H18BrN3O. The summed E-state index contributed by atoms with van der Waals surface area (Å²) in [5.74, 6) is 0.229. The van der Waals surface area contributed by atoms with E-state index in [0.717, 1.165) is 10.2 Å². The SMILES string of the molecule is Cc1cc(NCC(C)/C(N)=N/O)cc(C)c1Br. The molecule has 0 heterocycles. The lowest BCUT2D eigenvalue weighted by Crippen LogP contribution is -2.27. The van der Waals surface area contributed by atoms with Gasteiger partial charge in [-0.15, -0.1) is 0 Å². The Morgan fingerprint density at radius 1 is 1.47 bits per heavy atom. The van der Waals surface area contributed by atoms with E-state index in [1.165, 1.54) is 11.1 Å². The Morgan fingerprint density at radius 2 is 2.00 bits per heavy atom. The number of hydrogen-bond acceptors (Lipinski definition) is 3. The molecule has 94 valence electrons. The van der Waals surface area contributed by atoms with E-state index >= 15 is 0 Å². The molecular weight excluding hydrogens is 282 g/mol. The standard InChI is InChI=1S/C12H18BrN3O/c1-7-4-10(5-8(2)11(7)13)15-6-9(3)12(14)16-17/h4-5,9,15,17H,6H2,1-3H3,(H2,14,16). The van der Waals surface area contributed by atoms with Gasteiger partial charge in [-0.05, 0) is 37.1 Å². The van der Waals surface area contributed by atoms with Crippen LogP contribution in [0.4, 0.5) is 5.69 Å². The second-order valence-corrected chi connectivity index (χ2v) is 5.02. The Labute approximate surface area is 110 Å². The molecule has 0 saturated carbocycles. The molecule has 1 atom stereocenters. The van der Waals surface area contributed by atoms with Crippen LogP contribution in [0.5, 0.6) is 0 Å². The molecule has 4 nitrogen and oxygen atoms in total. The maximum atomic E-state index is 8.56. The van der Waals surface area contributed by atoms with E-state index in [1.54, 1.807) is 0 Å². The minimum Gasteiger partial charge on any atom is -0.409 e. The molecule has 5 heteroatoms. The summed E-state index contributed by atoms with van der Waals surface area (Å²) in [5, 5.41) is 14.8. The van der Waals surface area contributed by atoms with Gasteiger partial charge in [0, 0.05) is 22.6 Å². The fraction of sp³-hybridized carbons (Fsp3) is 0.417. The molecule has 1 unspecified atom stereocenters. The lowest BCUT2D eigenvalue weighted by atomic mass is 10.1. The smallest absolute Gasteiger partial charge is 0.143 e. The Balaban J connectivity index is 2.71. The minimum absolute atomic E-state index is 0.00995. The van der Waals surface area contributed by atoms with Crippen molar-refractivity contribution in [2.75, 3.05) is 11.9 Å². The van der Waals surface area contributed by atoms with Gasteiger partial charge in [-0.3, -0.25) is 0 Å². The molecule has 0 aliphatic heterocycles. The average molecular weight is 300 g/mol. The van der Waals surface area contributed by atoms with Crippen molar-refractivity contribution >= 4 is 27.5 Å². The summed E-state index contributed by atoms with van der Waals surface area (Å²) in [7, 11) is 0. The number of anilines is 1. The average Bonchev–Trinajstić information content (AvgIpc) is 2.31. The van der Waals surface area contributed by atoms with E-state index in [1.807, 2.05) is 6.92 Å². The molecule has 1 aromatic rings. The Kier molecular flexibility index (Phi) is 4.81. The fourth-order valence-electron chi connectivity index (χ4n) is 1.52. The molecule has 0 aliphatic carbocycles. The molecule has 0 amide bonds. The molecule has 0 radical (unpaired) electrons. The summed E-state index contributed by atoms with van der Waals surface area (Å²) < 4.78 is 1.13. The van der Waals surface area contributed by atoms with Crippen LogP contribution in [-0.4, -0.2) is 17.6 Å². The highest BCUT2D eigenvalue weighted by Crippen LogP contribution is 2.25. The zero-order valence-corrected chi connectivity index (χ0v) is 11.9. The largest absolute Gasteiger partial charge is 0.409 e. The van der Waals surface area contributed by atoms with Gasteiger partial charge in [0.05, 0.1) is 0 Å². The summed E-state index contributed by atoms with van der Waals surface area (Å²) in [4.78, 5) is 0. The van der Waals surface area contributed by atoms with Crippen molar-refractivity contribution in [1.29, 1.82) is 0 Å². The number of oxime groups is 1. The molecule has 1 rings (SSSR count). The van der Waals surface area contributed by atoms with Crippen molar-refractivity contribution in [3.8, 4) is 0 Å². The molecule has 0 saturated heterocycles. The van der Waals surface area contributed by atoms with E-state index in [-0.39, 0.29) is 11.8 Å². The quantitative estimate of drug-likeness (QED) is 0.346. The molecule has 17 heavy (non-hydrogen) atoms. The highest BCUT2D eigenvalue weighted by atomic mass is 79.9. The van der Waals surface area contributed by atoms with Gasteiger partial charge in [-0.1, -0.05) is 28.0 Å². The molecule has 0 aliphatic rings. The zero-order chi connectivity index (χ0) is 13.0. The summed E-state index contributed by atoms with van der Waals surface area (Å²) in [6, 6.07) is 4.13. The van der Waals surface area contributed by atoms with Crippen molar-refractivity contribution in [2.45, 2.75) is 20.8 Å². The third-order valence-electron chi connectivity index (χ3n) is 2.67. The fourth-order valence-corrected chi connectivity index (χ4v) is 1.75. The number of aryl methyl sites for hydroxylation is 2. The first-order valence-electron chi connectivity index (χ1n) is 5.43. The Bertz CT molecular complexity index is 409. The van der Waals surface area contributed by atoms with E-state index in [4.69, 9.17) is 10.9 Å². The van der Waals surface area contributed by atoms with Crippen molar-refractivity contribution in [1.82, 2.24) is 0 Å². The van der Waals surface area contributed by atoms with Gasteiger partial charge in [0.15, 0.2) is 0 Å². The first-order valence-corrected chi connectivity index (χ1v) is 6.23. The van der Waals surface area contributed by atoms with Gasteiger partial charge in [0.2, 0.25) is 0 Å². The Hall–Kier alpha value is -1.23. The van der Waals surface area contributed by atoms with Crippen LogP contribution in [0.3, 0.4) is 0 Å². The lowest BCUT2D eigenvalue weighted by molar-refractivity contribution is 0.315. The first kappa shape index (κ1) is 13.8. The summed E-state index contributed by atoms with van der Waals surface area (Å²) in [5.41, 5.74) is 8.93. The number of nitrogens with two attached hydrogens (primary N) is 1. The van der Waals surface area contributed by atoms with Crippen LogP contribution in [0.1, 0.15) is 18.1 Å². The second-order valence-electron chi connectivity index (χ2n) is 4.23. The summed E-state index contributed by atoms with van der Waals surface area (Å²) in [6.45, 7) is 6.64. The number of halogens is 1. The van der Waals surface area contributed by atoms with Gasteiger partial charge in [-0.2, -0.15) is 0 Å². The van der Waals surface area contributed by atoms with Crippen LogP contribution in [0, 0.1) is 19.8 Å². The number of rotatable bonds is 4. The molecule has 0 bridgehead atoms. The van der Waals surface area contributed by atoms with Crippen molar-refractivity contribution < 1.29 is 5.21 Å². The third kappa shape index (κ3) is 3.63. The number of nitrogens with zero attached hydrogens (tertiary/aromatic N) is 1. The topological polar surface area (TPSA) is 70.6 Å². The van der Waals surface area contributed by atoms with Crippen LogP contribution >= 0.6 is 15.9 Å². The van der Waals surface area contributed by atoms with Gasteiger partial charge in [-0.25, -0.2) is 0 Å². The predicted octanol–water partition coefficient (Wildman–Crippen LogP) is 2.86. The number of hydrogen-bond donors (Lipinski definition) is 3. The number of amidine groups is 1. The summed E-state index contributed by atoms with van der Waals surface area (Å²) in [6.07, 6.45) is 0. The molecule has 4 N–H and O–H groups in total. The highest BCUT2D eigenvalue weighted by molar-refractivity contribution is 9.10. The van der Waals surface area contributed by atoms with Crippen LogP contribution < -0.4 is 11.1 Å². The van der Waals surface area contributed by atoms with E-state index < -0.39 is 0 Å². The Morgan fingerprint density at radius 3 is 2.47 bits per heavy atom. The minimum atomic E-state index is -0.00995. The highest BCUT2D eigenvalue weighted by Gasteiger charge is 2.08. The van der Waals surface area contributed by atoms with E-state index in [0.29, 0.717) is 6.54 Å². The van der Waals surface area contributed by atoms with Gasteiger partial charge in [0.1, 0.15) is 5.84 Å². The monoisotopic (exact) mass is 299 g/mol. The van der Waals surface area contributed by atoms with Gasteiger partial charge >= 0.3 is 0 Å². The van der Waals surface area contributed by atoms with E-state index in [9.17, 15) is 0 Å². The van der Waals surface area contributed by atoms with Crippen LogP contribution in [0.2, 0.25) is 0 Å². The molecule has 0 aromatic heterocycles. The second kappa shape index (κ2) is 5.91. The van der Waals surface area contributed by atoms with Gasteiger partial charge < -0.3 is 16.3 Å².